The lowest BCUT2D eigenvalue weighted by Gasteiger charge is -2.10. The highest BCUT2D eigenvalue weighted by atomic mass is 14.9. The number of hydrogen-bond acceptors (Lipinski definition) is 2. The van der Waals surface area contributed by atoms with Gasteiger partial charge in [0.2, 0.25) is 0 Å². The molecular formula is C13H22N2. The summed E-state index contributed by atoms with van der Waals surface area (Å²) in [5.74, 6) is 0.780. The first-order chi connectivity index (χ1) is 7.09. The fourth-order valence-electron chi connectivity index (χ4n) is 1.58. The van der Waals surface area contributed by atoms with Gasteiger partial charge in [-0.3, -0.25) is 0 Å². The van der Waals surface area contributed by atoms with Crippen molar-refractivity contribution >= 4 is 11.4 Å². The van der Waals surface area contributed by atoms with Crippen molar-refractivity contribution in [1.82, 2.24) is 0 Å². The van der Waals surface area contributed by atoms with E-state index >= 15 is 0 Å². The minimum Gasteiger partial charge on any atom is -0.397 e. The molecule has 0 unspecified atom stereocenters. The number of nitrogen functional groups attached to an aromatic ring is 1. The summed E-state index contributed by atoms with van der Waals surface area (Å²) in [6, 6.07) is 6.14. The molecule has 0 atom stereocenters. The zero-order valence-electron chi connectivity index (χ0n) is 10.0. The highest BCUT2D eigenvalue weighted by Crippen LogP contribution is 2.19. The first-order valence-corrected chi connectivity index (χ1v) is 5.69. The average Bonchev–Trinajstić information content (AvgIpc) is 2.14. The number of anilines is 2. The van der Waals surface area contributed by atoms with Crippen LogP contribution in [0.15, 0.2) is 18.2 Å². The van der Waals surface area contributed by atoms with E-state index in [1.807, 2.05) is 6.07 Å². The van der Waals surface area contributed by atoms with Gasteiger partial charge in [-0.15, -0.1) is 0 Å². The molecule has 15 heavy (non-hydrogen) atoms. The van der Waals surface area contributed by atoms with Gasteiger partial charge in [0.1, 0.15) is 0 Å². The number of nitrogens with one attached hydrogen (secondary N) is 1. The first-order valence-electron chi connectivity index (χ1n) is 5.69. The highest BCUT2D eigenvalue weighted by Gasteiger charge is 1.98. The maximum absolute atomic E-state index is 5.90. The predicted molar refractivity (Wildman–Crippen MR) is 68.2 cm³/mol. The van der Waals surface area contributed by atoms with Crippen molar-refractivity contribution in [3.8, 4) is 0 Å². The predicted octanol–water partition coefficient (Wildman–Crippen LogP) is 3.43. The molecule has 84 valence electrons. The molecule has 2 heteroatoms. The summed E-state index contributed by atoms with van der Waals surface area (Å²) in [5.41, 5.74) is 9.02. The van der Waals surface area contributed by atoms with E-state index in [9.17, 15) is 0 Å². The van der Waals surface area contributed by atoms with Crippen LogP contribution in [0, 0.1) is 12.8 Å². The van der Waals surface area contributed by atoms with E-state index in [0.29, 0.717) is 0 Å². The molecule has 0 saturated carbocycles. The largest absolute Gasteiger partial charge is 0.397 e. The van der Waals surface area contributed by atoms with Crippen molar-refractivity contribution in [3.63, 3.8) is 0 Å². The molecule has 0 fully saturated rings. The zero-order chi connectivity index (χ0) is 11.3. The smallest absolute Gasteiger partial charge is 0.0574 e. The summed E-state index contributed by atoms with van der Waals surface area (Å²) < 4.78 is 0. The van der Waals surface area contributed by atoms with Crippen molar-refractivity contribution in [1.29, 1.82) is 0 Å². The first kappa shape index (κ1) is 11.9. The third-order valence-corrected chi connectivity index (χ3v) is 2.48. The molecule has 2 nitrogen and oxygen atoms in total. The summed E-state index contributed by atoms with van der Waals surface area (Å²) in [4.78, 5) is 0. The van der Waals surface area contributed by atoms with E-state index < -0.39 is 0 Å². The van der Waals surface area contributed by atoms with E-state index in [0.717, 1.165) is 23.8 Å². The van der Waals surface area contributed by atoms with Gasteiger partial charge >= 0.3 is 0 Å². The maximum atomic E-state index is 5.90. The van der Waals surface area contributed by atoms with Gasteiger partial charge in [-0.05, 0) is 43.4 Å². The molecule has 0 aromatic heterocycles. The van der Waals surface area contributed by atoms with Crippen LogP contribution in [-0.2, 0) is 0 Å². The molecule has 0 bridgehead atoms. The lowest BCUT2D eigenvalue weighted by molar-refractivity contribution is 0.567. The standard InChI is InChI=1S/C13H22N2/c1-10(2)5-4-8-15-13-7-6-11(3)9-12(13)14/h6-7,9-10,15H,4-5,8,14H2,1-3H3. The molecule has 0 amide bonds. The van der Waals surface area contributed by atoms with Crippen LogP contribution in [0.5, 0.6) is 0 Å². The van der Waals surface area contributed by atoms with Crippen LogP contribution in [-0.4, -0.2) is 6.54 Å². The minimum absolute atomic E-state index is 0.780. The van der Waals surface area contributed by atoms with Crippen molar-refractivity contribution in [2.45, 2.75) is 33.6 Å². The monoisotopic (exact) mass is 206 g/mol. The van der Waals surface area contributed by atoms with E-state index in [1.54, 1.807) is 0 Å². The average molecular weight is 206 g/mol. The SMILES string of the molecule is Cc1ccc(NCCCC(C)C)c(N)c1. The second kappa shape index (κ2) is 5.64. The molecule has 0 heterocycles. The Morgan fingerprint density at radius 3 is 2.67 bits per heavy atom. The number of hydrogen-bond donors (Lipinski definition) is 2. The third-order valence-electron chi connectivity index (χ3n) is 2.48. The molecule has 3 N–H and O–H groups in total. The fourth-order valence-corrected chi connectivity index (χ4v) is 1.58. The molecule has 0 radical (unpaired) electrons. The normalized spacial score (nSPS) is 10.7. The summed E-state index contributed by atoms with van der Waals surface area (Å²) in [7, 11) is 0. The van der Waals surface area contributed by atoms with Crippen molar-refractivity contribution in [3.05, 3.63) is 23.8 Å². The Labute approximate surface area is 92.9 Å². The van der Waals surface area contributed by atoms with Gasteiger partial charge in [-0.1, -0.05) is 19.9 Å². The van der Waals surface area contributed by atoms with E-state index in [4.69, 9.17) is 5.73 Å². The second-order valence-electron chi connectivity index (χ2n) is 4.55. The Morgan fingerprint density at radius 1 is 1.33 bits per heavy atom. The molecule has 0 aliphatic heterocycles. The Balaban J connectivity index is 2.37. The van der Waals surface area contributed by atoms with Gasteiger partial charge in [0.25, 0.3) is 0 Å². The molecular weight excluding hydrogens is 184 g/mol. The molecule has 0 aliphatic rings. The summed E-state index contributed by atoms with van der Waals surface area (Å²) in [5, 5.41) is 3.37. The Hall–Kier alpha value is -1.18. The maximum Gasteiger partial charge on any atom is 0.0574 e. The van der Waals surface area contributed by atoms with Crippen LogP contribution in [0.4, 0.5) is 11.4 Å². The Bertz CT molecular complexity index is 305. The number of aryl methyl sites for hydroxylation is 1. The summed E-state index contributed by atoms with van der Waals surface area (Å²) in [6.45, 7) is 7.56. The van der Waals surface area contributed by atoms with Crippen molar-refractivity contribution in [2.75, 3.05) is 17.6 Å². The second-order valence-corrected chi connectivity index (χ2v) is 4.55. The van der Waals surface area contributed by atoms with Gasteiger partial charge in [-0.2, -0.15) is 0 Å². The minimum atomic E-state index is 0.780. The van der Waals surface area contributed by atoms with Crippen LogP contribution in [0.25, 0.3) is 0 Å². The van der Waals surface area contributed by atoms with Gasteiger partial charge in [0.15, 0.2) is 0 Å². The van der Waals surface area contributed by atoms with Crippen LogP contribution < -0.4 is 11.1 Å². The van der Waals surface area contributed by atoms with Crippen LogP contribution in [0.2, 0.25) is 0 Å². The third kappa shape index (κ3) is 4.24. The molecule has 0 saturated heterocycles. The van der Waals surface area contributed by atoms with Gasteiger partial charge < -0.3 is 11.1 Å². The highest BCUT2D eigenvalue weighted by molar-refractivity contribution is 5.66. The number of rotatable bonds is 5. The molecule has 1 rings (SSSR count). The van der Waals surface area contributed by atoms with Crippen molar-refractivity contribution in [2.24, 2.45) is 5.92 Å². The quantitative estimate of drug-likeness (QED) is 0.572. The molecule has 0 aliphatic carbocycles. The van der Waals surface area contributed by atoms with Crippen LogP contribution >= 0.6 is 0 Å². The molecule has 1 aromatic rings. The van der Waals surface area contributed by atoms with Gasteiger partial charge in [-0.25, -0.2) is 0 Å². The molecule has 0 spiro atoms. The Morgan fingerprint density at radius 2 is 2.07 bits per heavy atom. The fraction of sp³-hybridized carbons (Fsp3) is 0.538. The number of benzene rings is 1. The Kier molecular flexibility index (Phi) is 4.47. The summed E-state index contributed by atoms with van der Waals surface area (Å²) in [6.07, 6.45) is 2.46. The lowest BCUT2D eigenvalue weighted by Crippen LogP contribution is -2.05. The van der Waals surface area contributed by atoms with Crippen molar-refractivity contribution < 1.29 is 0 Å². The topological polar surface area (TPSA) is 38.0 Å². The number of nitrogens with two attached hydrogens (primary N) is 1. The van der Waals surface area contributed by atoms with Gasteiger partial charge in [0.05, 0.1) is 11.4 Å². The van der Waals surface area contributed by atoms with E-state index in [2.05, 4.69) is 38.2 Å². The molecule has 1 aromatic carbocycles. The summed E-state index contributed by atoms with van der Waals surface area (Å²) >= 11 is 0. The lowest BCUT2D eigenvalue weighted by atomic mass is 10.1. The van der Waals surface area contributed by atoms with Crippen LogP contribution in [0.3, 0.4) is 0 Å². The zero-order valence-corrected chi connectivity index (χ0v) is 10.0. The van der Waals surface area contributed by atoms with E-state index in [-0.39, 0.29) is 0 Å². The van der Waals surface area contributed by atoms with Gasteiger partial charge in [0, 0.05) is 6.54 Å². The van der Waals surface area contributed by atoms with Crippen LogP contribution in [0.1, 0.15) is 32.3 Å². The van der Waals surface area contributed by atoms with E-state index in [1.165, 1.54) is 18.4 Å².